The molecule has 0 unspecified atom stereocenters. The Morgan fingerprint density at radius 1 is 1.38 bits per heavy atom. The van der Waals surface area contributed by atoms with Gasteiger partial charge < -0.3 is 4.90 Å². The minimum absolute atomic E-state index is 0.0945. The van der Waals surface area contributed by atoms with Crippen LogP contribution in [0.15, 0.2) is 22.7 Å². The van der Waals surface area contributed by atoms with Crippen molar-refractivity contribution in [2.75, 3.05) is 25.0 Å². The summed E-state index contributed by atoms with van der Waals surface area (Å²) in [6, 6.07) is 6.18. The van der Waals surface area contributed by atoms with E-state index in [1.807, 2.05) is 24.1 Å². The number of aryl methyl sites for hydroxylation is 1. The Hall–Kier alpha value is -1.03. The van der Waals surface area contributed by atoms with Gasteiger partial charge in [-0.1, -0.05) is 22.9 Å². The lowest BCUT2D eigenvalue weighted by molar-refractivity contribution is 0.229. The van der Waals surface area contributed by atoms with Crippen molar-refractivity contribution in [1.82, 2.24) is 4.90 Å². The Morgan fingerprint density at radius 2 is 2.12 bits per heavy atom. The Bertz CT molecular complexity index is 419. The maximum absolute atomic E-state index is 11.9. The second-order valence-corrected chi connectivity index (χ2v) is 4.90. The molecule has 1 aliphatic rings. The molecular formula is C12H15BrN2O. The first-order valence-corrected chi connectivity index (χ1v) is 6.24. The normalized spacial score (nSPS) is 16.1. The second kappa shape index (κ2) is 4.45. The number of urea groups is 1. The number of rotatable bonds is 2. The molecular weight excluding hydrogens is 268 g/mol. The van der Waals surface area contributed by atoms with Crippen molar-refractivity contribution in [3.8, 4) is 0 Å². The lowest BCUT2D eigenvalue weighted by Gasteiger charge is -2.19. The number of benzene rings is 1. The highest BCUT2D eigenvalue weighted by Crippen LogP contribution is 2.27. The summed E-state index contributed by atoms with van der Waals surface area (Å²) in [6.07, 6.45) is 0.933. The summed E-state index contributed by atoms with van der Waals surface area (Å²) >= 11 is 3.46. The molecule has 1 aromatic rings. The van der Waals surface area contributed by atoms with Crippen LogP contribution in [0.3, 0.4) is 0 Å². The molecule has 4 heteroatoms. The van der Waals surface area contributed by atoms with E-state index in [1.165, 1.54) is 5.56 Å². The molecule has 1 fully saturated rings. The van der Waals surface area contributed by atoms with Crippen molar-refractivity contribution in [2.24, 2.45) is 0 Å². The molecule has 0 aromatic heterocycles. The molecule has 0 aliphatic carbocycles. The van der Waals surface area contributed by atoms with Gasteiger partial charge in [0.05, 0.1) is 0 Å². The van der Waals surface area contributed by atoms with Crippen LogP contribution in [0.1, 0.15) is 12.5 Å². The van der Waals surface area contributed by atoms with E-state index in [-0.39, 0.29) is 6.03 Å². The van der Waals surface area contributed by atoms with Gasteiger partial charge in [-0.15, -0.1) is 0 Å². The highest BCUT2D eigenvalue weighted by Gasteiger charge is 2.27. The molecule has 0 N–H and O–H groups in total. The van der Waals surface area contributed by atoms with E-state index in [2.05, 4.69) is 28.9 Å². The molecule has 1 heterocycles. The standard InChI is InChI=1S/C12H15BrN2O/c1-3-9-8-10(13)4-5-11(9)15-7-6-14(2)12(15)16/h4-5,8H,3,6-7H2,1-2H3. The first-order valence-electron chi connectivity index (χ1n) is 5.44. The van der Waals surface area contributed by atoms with Crippen LogP contribution < -0.4 is 4.90 Å². The van der Waals surface area contributed by atoms with Gasteiger partial charge in [-0.3, -0.25) is 4.90 Å². The average Bonchev–Trinajstić information content (AvgIpc) is 2.60. The molecule has 2 amide bonds. The number of halogens is 1. The third-order valence-electron chi connectivity index (χ3n) is 2.93. The molecule has 1 aliphatic heterocycles. The van der Waals surface area contributed by atoms with Crippen molar-refractivity contribution < 1.29 is 4.79 Å². The topological polar surface area (TPSA) is 23.6 Å². The number of nitrogens with zero attached hydrogens (tertiary/aromatic N) is 2. The largest absolute Gasteiger partial charge is 0.326 e. The second-order valence-electron chi connectivity index (χ2n) is 3.98. The number of anilines is 1. The number of carbonyl (C=O) groups is 1. The van der Waals surface area contributed by atoms with Gasteiger partial charge in [0.1, 0.15) is 0 Å². The maximum Gasteiger partial charge on any atom is 0.324 e. The van der Waals surface area contributed by atoms with Crippen LogP contribution in [0.2, 0.25) is 0 Å². The molecule has 1 saturated heterocycles. The lowest BCUT2D eigenvalue weighted by Crippen LogP contribution is -2.29. The van der Waals surface area contributed by atoms with Crippen molar-refractivity contribution >= 4 is 27.6 Å². The zero-order valence-corrected chi connectivity index (χ0v) is 11.1. The minimum atomic E-state index is 0.0945. The van der Waals surface area contributed by atoms with E-state index in [4.69, 9.17) is 0 Å². The average molecular weight is 283 g/mol. The van der Waals surface area contributed by atoms with E-state index < -0.39 is 0 Å². The monoisotopic (exact) mass is 282 g/mol. The quantitative estimate of drug-likeness (QED) is 0.818. The number of amides is 2. The van der Waals surface area contributed by atoms with Crippen LogP contribution >= 0.6 is 15.9 Å². The van der Waals surface area contributed by atoms with E-state index in [9.17, 15) is 4.79 Å². The molecule has 0 bridgehead atoms. The Morgan fingerprint density at radius 3 is 2.69 bits per heavy atom. The number of hydrogen-bond donors (Lipinski definition) is 0. The lowest BCUT2D eigenvalue weighted by atomic mass is 10.1. The zero-order valence-electron chi connectivity index (χ0n) is 9.53. The highest BCUT2D eigenvalue weighted by atomic mass is 79.9. The first kappa shape index (κ1) is 11.5. The van der Waals surface area contributed by atoms with Crippen LogP contribution in [0, 0.1) is 0 Å². The highest BCUT2D eigenvalue weighted by molar-refractivity contribution is 9.10. The SMILES string of the molecule is CCc1cc(Br)ccc1N1CCN(C)C1=O. The predicted molar refractivity (Wildman–Crippen MR) is 68.9 cm³/mol. The molecule has 86 valence electrons. The van der Waals surface area contributed by atoms with Crippen molar-refractivity contribution in [3.05, 3.63) is 28.2 Å². The fraction of sp³-hybridized carbons (Fsp3) is 0.417. The third-order valence-corrected chi connectivity index (χ3v) is 3.42. The molecule has 1 aromatic carbocycles. The van der Waals surface area contributed by atoms with Gasteiger partial charge in [-0.05, 0) is 30.2 Å². The van der Waals surface area contributed by atoms with Crippen LogP contribution in [0.25, 0.3) is 0 Å². The first-order chi connectivity index (χ1) is 7.63. The fourth-order valence-electron chi connectivity index (χ4n) is 1.97. The third kappa shape index (κ3) is 1.94. The van der Waals surface area contributed by atoms with Crippen LogP contribution in [-0.4, -0.2) is 31.1 Å². The molecule has 3 nitrogen and oxygen atoms in total. The van der Waals surface area contributed by atoms with Crippen molar-refractivity contribution in [2.45, 2.75) is 13.3 Å². The number of carbonyl (C=O) groups excluding carboxylic acids is 1. The summed E-state index contributed by atoms with van der Waals surface area (Å²) in [5.74, 6) is 0. The van der Waals surface area contributed by atoms with E-state index >= 15 is 0 Å². The molecule has 16 heavy (non-hydrogen) atoms. The number of likely N-dealkylation sites (N-methyl/N-ethyl adjacent to an activating group) is 1. The summed E-state index contributed by atoms with van der Waals surface area (Å²) in [4.78, 5) is 15.5. The predicted octanol–water partition coefficient (Wildman–Crippen LogP) is 2.88. The van der Waals surface area contributed by atoms with Gasteiger partial charge in [0, 0.05) is 30.3 Å². The molecule has 0 radical (unpaired) electrons. The summed E-state index contributed by atoms with van der Waals surface area (Å²) in [6.45, 7) is 3.69. The zero-order chi connectivity index (χ0) is 11.7. The van der Waals surface area contributed by atoms with Gasteiger partial charge in [0.25, 0.3) is 0 Å². The minimum Gasteiger partial charge on any atom is -0.326 e. The van der Waals surface area contributed by atoms with Crippen LogP contribution in [0.5, 0.6) is 0 Å². The van der Waals surface area contributed by atoms with E-state index in [0.717, 1.165) is 29.7 Å². The smallest absolute Gasteiger partial charge is 0.324 e. The van der Waals surface area contributed by atoms with E-state index in [1.54, 1.807) is 4.90 Å². The van der Waals surface area contributed by atoms with E-state index in [0.29, 0.717) is 0 Å². The summed E-state index contributed by atoms with van der Waals surface area (Å²) in [7, 11) is 1.84. The number of hydrogen-bond acceptors (Lipinski definition) is 1. The Labute approximate surface area is 104 Å². The van der Waals surface area contributed by atoms with Crippen LogP contribution in [0.4, 0.5) is 10.5 Å². The van der Waals surface area contributed by atoms with Gasteiger partial charge >= 0.3 is 6.03 Å². The molecule has 0 spiro atoms. The summed E-state index contributed by atoms with van der Waals surface area (Å²) in [5.41, 5.74) is 2.25. The van der Waals surface area contributed by atoms with Gasteiger partial charge in [0.2, 0.25) is 0 Å². The van der Waals surface area contributed by atoms with Crippen molar-refractivity contribution in [3.63, 3.8) is 0 Å². The van der Waals surface area contributed by atoms with Gasteiger partial charge in [-0.25, -0.2) is 4.79 Å². The van der Waals surface area contributed by atoms with Crippen molar-refractivity contribution in [1.29, 1.82) is 0 Å². The van der Waals surface area contributed by atoms with Crippen LogP contribution in [-0.2, 0) is 6.42 Å². The molecule has 2 rings (SSSR count). The maximum atomic E-state index is 11.9. The summed E-state index contributed by atoms with van der Waals surface area (Å²) in [5, 5.41) is 0. The van der Waals surface area contributed by atoms with Gasteiger partial charge in [-0.2, -0.15) is 0 Å². The summed E-state index contributed by atoms with van der Waals surface area (Å²) < 4.78 is 1.06. The Balaban J connectivity index is 2.37. The fourth-order valence-corrected chi connectivity index (χ4v) is 2.38. The van der Waals surface area contributed by atoms with Gasteiger partial charge in [0.15, 0.2) is 0 Å². The molecule has 0 saturated carbocycles. The molecule has 0 atom stereocenters. The Kier molecular flexibility index (Phi) is 3.19.